The van der Waals surface area contributed by atoms with Crippen LogP contribution in [0.5, 0.6) is 0 Å². The van der Waals surface area contributed by atoms with Crippen molar-refractivity contribution in [3.63, 3.8) is 0 Å². The second kappa shape index (κ2) is 7.53. The van der Waals surface area contributed by atoms with E-state index in [-0.39, 0.29) is 11.6 Å². The quantitative estimate of drug-likeness (QED) is 0.912. The summed E-state index contributed by atoms with van der Waals surface area (Å²) in [6.07, 6.45) is 0.790. The van der Waals surface area contributed by atoms with Crippen LogP contribution >= 0.6 is 11.6 Å². The predicted molar refractivity (Wildman–Crippen MR) is 95.4 cm³/mol. The highest BCUT2D eigenvalue weighted by atomic mass is 35.5. The lowest BCUT2D eigenvalue weighted by Crippen LogP contribution is -2.35. The maximum atomic E-state index is 12.6. The van der Waals surface area contributed by atoms with E-state index >= 15 is 0 Å². The molecule has 1 amide bonds. The van der Waals surface area contributed by atoms with Crippen molar-refractivity contribution >= 4 is 29.3 Å². The molecule has 7 heteroatoms. The summed E-state index contributed by atoms with van der Waals surface area (Å²) in [7, 11) is 0. The minimum absolute atomic E-state index is 0.0224. The van der Waals surface area contributed by atoms with Crippen LogP contribution in [0.2, 0.25) is 5.02 Å². The molecule has 1 aliphatic heterocycles. The maximum absolute atomic E-state index is 12.6. The van der Waals surface area contributed by atoms with Gasteiger partial charge >= 0.3 is 5.97 Å². The summed E-state index contributed by atoms with van der Waals surface area (Å²) in [5, 5.41) is 9.68. The van der Waals surface area contributed by atoms with Gasteiger partial charge in [0.2, 0.25) is 0 Å². The van der Waals surface area contributed by atoms with Gasteiger partial charge in [0.25, 0.3) is 5.91 Å². The van der Waals surface area contributed by atoms with Gasteiger partial charge in [-0.05, 0) is 42.8 Å². The van der Waals surface area contributed by atoms with Crippen LogP contribution in [0.3, 0.4) is 0 Å². The van der Waals surface area contributed by atoms with Crippen molar-refractivity contribution in [2.75, 3.05) is 31.1 Å². The molecule has 0 saturated carbocycles. The number of benzene rings is 1. The van der Waals surface area contributed by atoms with Gasteiger partial charge in [0.05, 0.1) is 0 Å². The Morgan fingerprint density at radius 2 is 1.76 bits per heavy atom. The van der Waals surface area contributed by atoms with Crippen molar-refractivity contribution in [2.45, 2.75) is 6.42 Å². The van der Waals surface area contributed by atoms with E-state index in [1.54, 1.807) is 36.4 Å². The highest BCUT2D eigenvalue weighted by molar-refractivity contribution is 6.30. The molecule has 6 nitrogen and oxygen atoms in total. The van der Waals surface area contributed by atoms with E-state index in [0.717, 1.165) is 13.0 Å². The summed E-state index contributed by atoms with van der Waals surface area (Å²) < 4.78 is 0. The Morgan fingerprint density at radius 1 is 1.00 bits per heavy atom. The number of hydrogen-bond acceptors (Lipinski definition) is 4. The van der Waals surface area contributed by atoms with Gasteiger partial charge in [-0.25, -0.2) is 9.78 Å². The zero-order chi connectivity index (χ0) is 17.8. The van der Waals surface area contributed by atoms with Gasteiger partial charge in [-0.2, -0.15) is 0 Å². The van der Waals surface area contributed by atoms with Crippen molar-refractivity contribution in [3.8, 4) is 0 Å². The molecule has 1 saturated heterocycles. The van der Waals surface area contributed by atoms with Gasteiger partial charge in [-0.1, -0.05) is 17.7 Å². The van der Waals surface area contributed by atoms with E-state index in [1.807, 2.05) is 9.80 Å². The van der Waals surface area contributed by atoms with E-state index in [4.69, 9.17) is 16.7 Å². The van der Waals surface area contributed by atoms with Gasteiger partial charge in [0.15, 0.2) is 5.69 Å². The van der Waals surface area contributed by atoms with E-state index in [9.17, 15) is 9.59 Å². The molecular weight excluding hydrogens is 342 g/mol. The normalized spacial score (nSPS) is 14.9. The third kappa shape index (κ3) is 4.09. The number of carbonyl (C=O) groups is 2. The van der Waals surface area contributed by atoms with E-state index in [2.05, 4.69) is 4.98 Å². The number of halogens is 1. The molecule has 0 radical (unpaired) electrons. The summed E-state index contributed by atoms with van der Waals surface area (Å²) in [6.45, 7) is 2.53. The van der Waals surface area contributed by atoms with E-state index in [0.29, 0.717) is 36.0 Å². The zero-order valence-corrected chi connectivity index (χ0v) is 14.3. The molecule has 0 unspecified atom stereocenters. The lowest BCUT2D eigenvalue weighted by atomic mass is 10.2. The fourth-order valence-corrected chi connectivity index (χ4v) is 2.97. The van der Waals surface area contributed by atoms with Crippen molar-refractivity contribution < 1.29 is 14.7 Å². The third-order valence-corrected chi connectivity index (χ3v) is 4.40. The fraction of sp³-hybridized carbons (Fsp3) is 0.278. The average molecular weight is 360 g/mol. The first-order chi connectivity index (χ1) is 12.0. The first kappa shape index (κ1) is 17.2. The molecule has 0 atom stereocenters. The second-order valence-corrected chi connectivity index (χ2v) is 6.26. The number of pyridine rings is 1. The van der Waals surface area contributed by atoms with Gasteiger partial charge in [-0.3, -0.25) is 4.79 Å². The Kier molecular flexibility index (Phi) is 5.19. The smallest absolute Gasteiger partial charge is 0.354 e. The van der Waals surface area contributed by atoms with Crippen molar-refractivity contribution in [1.82, 2.24) is 9.88 Å². The molecule has 0 aliphatic carbocycles. The van der Waals surface area contributed by atoms with Crippen LogP contribution in [0.1, 0.15) is 27.3 Å². The highest BCUT2D eigenvalue weighted by Crippen LogP contribution is 2.17. The van der Waals surface area contributed by atoms with Crippen molar-refractivity contribution in [2.24, 2.45) is 0 Å². The number of anilines is 1. The Labute approximate surface area is 150 Å². The molecule has 3 rings (SSSR count). The lowest BCUT2D eigenvalue weighted by molar-refractivity contribution is 0.0689. The monoisotopic (exact) mass is 359 g/mol. The number of carbonyl (C=O) groups excluding carboxylic acids is 1. The Morgan fingerprint density at radius 3 is 2.48 bits per heavy atom. The third-order valence-electron chi connectivity index (χ3n) is 4.15. The molecule has 1 fully saturated rings. The number of aromatic carboxylic acids is 1. The van der Waals surface area contributed by atoms with E-state index < -0.39 is 5.97 Å². The van der Waals surface area contributed by atoms with Crippen LogP contribution in [0.15, 0.2) is 42.5 Å². The summed E-state index contributed by atoms with van der Waals surface area (Å²) in [4.78, 5) is 31.7. The first-order valence-electron chi connectivity index (χ1n) is 8.05. The largest absolute Gasteiger partial charge is 0.477 e. The van der Waals surface area contributed by atoms with Crippen LogP contribution in [0.4, 0.5) is 5.82 Å². The van der Waals surface area contributed by atoms with Gasteiger partial charge < -0.3 is 14.9 Å². The molecule has 1 aliphatic rings. The summed E-state index contributed by atoms with van der Waals surface area (Å²) >= 11 is 5.87. The second-order valence-electron chi connectivity index (χ2n) is 5.83. The Bertz CT molecular complexity index is 779. The van der Waals surface area contributed by atoms with Crippen LogP contribution in [-0.2, 0) is 0 Å². The summed E-state index contributed by atoms with van der Waals surface area (Å²) in [5.74, 6) is -0.442. The van der Waals surface area contributed by atoms with Gasteiger partial charge in [0.1, 0.15) is 5.82 Å². The summed E-state index contributed by atoms with van der Waals surface area (Å²) in [5.41, 5.74) is 0.639. The minimum atomic E-state index is -1.05. The number of carboxylic acid groups (broad SMARTS) is 1. The molecule has 2 heterocycles. The number of hydrogen-bond donors (Lipinski definition) is 1. The number of aromatic nitrogens is 1. The van der Waals surface area contributed by atoms with Crippen LogP contribution in [0, 0.1) is 0 Å². The van der Waals surface area contributed by atoms with Crippen molar-refractivity contribution in [1.29, 1.82) is 0 Å². The average Bonchev–Trinajstić information content (AvgIpc) is 2.88. The van der Waals surface area contributed by atoms with Crippen LogP contribution in [-0.4, -0.2) is 53.0 Å². The molecular formula is C18H18ClN3O3. The SMILES string of the molecule is O=C(O)c1cccc(N2CCCN(C(=O)c3ccc(Cl)cc3)CC2)n1. The first-order valence-corrected chi connectivity index (χ1v) is 8.42. The number of carboxylic acids is 1. The Balaban J connectivity index is 1.70. The van der Waals surface area contributed by atoms with Crippen molar-refractivity contribution in [3.05, 3.63) is 58.7 Å². The van der Waals surface area contributed by atoms with E-state index in [1.165, 1.54) is 6.07 Å². The minimum Gasteiger partial charge on any atom is -0.477 e. The fourth-order valence-electron chi connectivity index (χ4n) is 2.84. The molecule has 25 heavy (non-hydrogen) atoms. The lowest BCUT2D eigenvalue weighted by Gasteiger charge is -2.23. The summed E-state index contributed by atoms with van der Waals surface area (Å²) in [6, 6.07) is 11.8. The van der Waals surface area contributed by atoms with Gasteiger partial charge in [0, 0.05) is 36.8 Å². The molecule has 1 aromatic heterocycles. The van der Waals surface area contributed by atoms with Gasteiger partial charge in [-0.15, -0.1) is 0 Å². The highest BCUT2D eigenvalue weighted by Gasteiger charge is 2.21. The molecule has 2 aromatic rings. The maximum Gasteiger partial charge on any atom is 0.354 e. The predicted octanol–water partition coefficient (Wildman–Crippen LogP) is 2.79. The standard InChI is InChI=1S/C18H18ClN3O3/c19-14-7-5-13(6-8-14)17(23)22-10-2-9-21(11-12-22)16-4-1-3-15(20-16)18(24)25/h1,3-8H,2,9-12H2,(H,24,25). The molecule has 1 N–H and O–H groups in total. The number of nitrogens with zero attached hydrogens (tertiary/aromatic N) is 3. The van der Waals surface area contributed by atoms with Crippen LogP contribution in [0.25, 0.3) is 0 Å². The Hall–Kier alpha value is -2.60. The molecule has 0 spiro atoms. The number of amides is 1. The van der Waals surface area contributed by atoms with Crippen LogP contribution < -0.4 is 4.90 Å². The molecule has 1 aromatic carbocycles. The number of rotatable bonds is 3. The molecule has 130 valence electrons. The zero-order valence-electron chi connectivity index (χ0n) is 13.6. The molecule has 0 bridgehead atoms. The topological polar surface area (TPSA) is 73.7 Å².